The molecule has 2 aromatic heterocycles. The van der Waals surface area contributed by atoms with Gasteiger partial charge in [-0.05, 0) is 39.7 Å². The van der Waals surface area contributed by atoms with Crippen LogP contribution in [0.5, 0.6) is 5.88 Å². The van der Waals surface area contributed by atoms with E-state index in [4.69, 9.17) is 4.74 Å². The number of hydrogen-bond acceptors (Lipinski definition) is 7. The third kappa shape index (κ3) is 6.87. The first-order chi connectivity index (χ1) is 18.0. The number of aromatic nitrogens is 2. The standard InChI is InChI=1S/C27H39F2N7O/c1-4-5-9-22-20(2)30-18-21(22)19-31-33-26-23(28)25(36-10-7-6-8-11-36)24(29)27(32-26)37-17-16-35-14-12-34(3)13-15-35/h5,9,18-19,30H,4,6-8,10-17H2,1-3H3,(H,32,33)/b9-5-,31-19+. The minimum Gasteiger partial charge on any atom is -0.474 e. The second-order valence-corrected chi connectivity index (χ2v) is 9.75. The zero-order chi connectivity index (χ0) is 26.2. The molecule has 0 saturated carbocycles. The normalized spacial score (nSPS) is 17.8. The number of piperazine rings is 1. The molecule has 8 nitrogen and oxygen atoms in total. The summed E-state index contributed by atoms with van der Waals surface area (Å²) in [6, 6.07) is 0. The van der Waals surface area contributed by atoms with Crippen LogP contribution in [0.1, 0.15) is 49.4 Å². The second kappa shape index (κ2) is 13.0. The minimum atomic E-state index is -0.751. The Bertz CT molecular complexity index is 1090. The molecule has 37 heavy (non-hydrogen) atoms. The van der Waals surface area contributed by atoms with Gasteiger partial charge in [-0.25, -0.2) is 4.39 Å². The average molecular weight is 516 g/mol. The Kier molecular flexibility index (Phi) is 9.51. The number of piperidine rings is 1. The number of rotatable bonds is 10. The summed E-state index contributed by atoms with van der Waals surface area (Å²) >= 11 is 0. The fraction of sp³-hybridized carbons (Fsp3) is 0.556. The Morgan fingerprint density at radius 1 is 1.11 bits per heavy atom. The molecule has 2 saturated heterocycles. The number of likely N-dealkylation sites (N-methyl/N-ethyl adjacent to an activating group) is 1. The highest BCUT2D eigenvalue weighted by atomic mass is 19.1. The van der Waals surface area contributed by atoms with Gasteiger partial charge in [0.1, 0.15) is 12.3 Å². The largest absolute Gasteiger partial charge is 0.474 e. The van der Waals surface area contributed by atoms with Gasteiger partial charge in [-0.15, -0.1) is 0 Å². The van der Waals surface area contributed by atoms with Crippen LogP contribution in [0, 0.1) is 18.6 Å². The quantitative estimate of drug-likeness (QED) is 0.359. The van der Waals surface area contributed by atoms with E-state index in [0.717, 1.165) is 68.7 Å². The van der Waals surface area contributed by atoms with Gasteiger partial charge in [0.05, 0.1) is 6.21 Å². The van der Waals surface area contributed by atoms with Crippen LogP contribution >= 0.6 is 0 Å². The summed E-state index contributed by atoms with van der Waals surface area (Å²) in [5.41, 5.74) is 5.50. The van der Waals surface area contributed by atoms with Crippen LogP contribution in [0.3, 0.4) is 0 Å². The Morgan fingerprint density at radius 3 is 2.59 bits per heavy atom. The summed E-state index contributed by atoms with van der Waals surface area (Å²) in [6.07, 6.45) is 11.3. The zero-order valence-electron chi connectivity index (χ0n) is 22.2. The molecular formula is C27H39F2N7O. The van der Waals surface area contributed by atoms with E-state index in [-0.39, 0.29) is 24.0 Å². The van der Waals surface area contributed by atoms with Gasteiger partial charge >= 0.3 is 0 Å². The summed E-state index contributed by atoms with van der Waals surface area (Å²) in [6.45, 7) is 10.0. The van der Waals surface area contributed by atoms with E-state index in [2.05, 4.69) is 50.3 Å². The highest BCUT2D eigenvalue weighted by molar-refractivity contribution is 5.86. The SMILES string of the molecule is CC/C=C\c1c(/C=N/Nc2nc(OCCN3CCN(C)CC3)c(F)c(N3CCCCC3)c2F)c[nH]c1C. The molecule has 4 rings (SSSR count). The lowest BCUT2D eigenvalue weighted by molar-refractivity contribution is 0.131. The summed E-state index contributed by atoms with van der Waals surface area (Å²) in [5.74, 6) is -1.84. The number of H-pyrrole nitrogens is 1. The van der Waals surface area contributed by atoms with Crippen LogP contribution in [-0.2, 0) is 0 Å². The predicted molar refractivity (Wildman–Crippen MR) is 146 cm³/mol. The maximum absolute atomic E-state index is 15.6. The molecule has 2 aliphatic heterocycles. The van der Waals surface area contributed by atoms with Crippen molar-refractivity contribution in [3.8, 4) is 5.88 Å². The van der Waals surface area contributed by atoms with Crippen molar-refractivity contribution >= 4 is 23.8 Å². The lowest BCUT2D eigenvalue weighted by atomic mass is 10.1. The van der Waals surface area contributed by atoms with Crippen LogP contribution in [0.4, 0.5) is 20.3 Å². The Balaban J connectivity index is 1.53. The van der Waals surface area contributed by atoms with Crippen LogP contribution in [0.25, 0.3) is 6.08 Å². The molecule has 2 aromatic rings. The first-order valence-corrected chi connectivity index (χ1v) is 13.3. The number of allylic oxidation sites excluding steroid dienone is 1. The third-order valence-corrected chi connectivity index (χ3v) is 6.99. The topological polar surface area (TPSA) is 72.0 Å². The van der Waals surface area contributed by atoms with E-state index >= 15 is 8.78 Å². The number of hydrazone groups is 1. The van der Waals surface area contributed by atoms with Gasteiger partial charge in [0.2, 0.25) is 5.82 Å². The van der Waals surface area contributed by atoms with E-state index in [9.17, 15) is 0 Å². The minimum absolute atomic E-state index is 0.0916. The first kappa shape index (κ1) is 27.1. The van der Waals surface area contributed by atoms with Crippen molar-refractivity contribution in [2.75, 3.05) is 69.8 Å². The molecule has 0 aromatic carbocycles. The van der Waals surface area contributed by atoms with Gasteiger partial charge in [0.15, 0.2) is 11.6 Å². The Morgan fingerprint density at radius 2 is 1.86 bits per heavy atom. The summed E-state index contributed by atoms with van der Waals surface area (Å²) in [5, 5.41) is 4.23. The molecule has 0 radical (unpaired) electrons. The number of nitrogens with one attached hydrogen (secondary N) is 2. The Labute approximate surface area is 218 Å². The van der Waals surface area contributed by atoms with Crippen LogP contribution in [0.15, 0.2) is 17.4 Å². The monoisotopic (exact) mass is 515 g/mol. The van der Waals surface area contributed by atoms with E-state index in [1.54, 1.807) is 11.1 Å². The molecule has 2 fully saturated rings. The number of aryl methyl sites for hydroxylation is 1. The first-order valence-electron chi connectivity index (χ1n) is 13.3. The molecule has 4 heterocycles. The van der Waals surface area contributed by atoms with Crippen LogP contribution in [0.2, 0.25) is 0 Å². The molecule has 0 spiro atoms. The van der Waals surface area contributed by atoms with Crippen molar-refractivity contribution < 1.29 is 13.5 Å². The van der Waals surface area contributed by atoms with E-state index in [0.29, 0.717) is 19.6 Å². The van der Waals surface area contributed by atoms with Crippen molar-refractivity contribution in [3.63, 3.8) is 0 Å². The van der Waals surface area contributed by atoms with Crippen LogP contribution < -0.4 is 15.1 Å². The van der Waals surface area contributed by atoms with Crippen molar-refractivity contribution in [2.24, 2.45) is 5.10 Å². The average Bonchev–Trinajstić information content (AvgIpc) is 3.25. The summed E-state index contributed by atoms with van der Waals surface area (Å²) in [7, 11) is 2.10. The van der Waals surface area contributed by atoms with Crippen molar-refractivity contribution in [3.05, 3.63) is 40.7 Å². The van der Waals surface area contributed by atoms with Gasteiger partial charge in [-0.3, -0.25) is 10.3 Å². The fourth-order valence-electron chi connectivity index (χ4n) is 4.70. The number of hydrogen-bond donors (Lipinski definition) is 2. The molecule has 0 amide bonds. The highest BCUT2D eigenvalue weighted by Gasteiger charge is 2.27. The smallest absolute Gasteiger partial charge is 0.254 e. The van der Waals surface area contributed by atoms with E-state index < -0.39 is 11.6 Å². The molecule has 10 heteroatoms. The molecule has 2 aliphatic rings. The summed E-state index contributed by atoms with van der Waals surface area (Å²) < 4.78 is 36.8. The van der Waals surface area contributed by atoms with Gasteiger partial charge in [0, 0.05) is 68.8 Å². The van der Waals surface area contributed by atoms with Crippen molar-refractivity contribution in [1.29, 1.82) is 0 Å². The van der Waals surface area contributed by atoms with E-state index in [1.807, 2.05) is 19.2 Å². The number of aromatic amines is 1. The number of ether oxygens (including phenoxy) is 1. The number of anilines is 2. The molecule has 0 atom stereocenters. The third-order valence-electron chi connectivity index (χ3n) is 6.99. The zero-order valence-corrected chi connectivity index (χ0v) is 22.2. The highest BCUT2D eigenvalue weighted by Crippen LogP contribution is 2.35. The lowest BCUT2D eigenvalue weighted by Crippen LogP contribution is -2.45. The maximum atomic E-state index is 15.6. The second-order valence-electron chi connectivity index (χ2n) is 9.75. The molecule has 2 N–H and O–H groups in total. The number of nitrogens with zero attached hydrogens (tertiary/aromatic N) is 5. The molecular weight excluding hydrogens is 476 g/mol. The fourth-order valence-corrected chi connectivity index (χ4v) is 4.70. The molecule has 0 aliphatic carbocycles. The summed E-state index contributed by atoms with van der Waals surface area (Å²) in [4.78, 5) is 13.6. The van der Waals surface area contributed by atoms with Gasteiger partial charge in [-0.2, -0.15) is 14.5 Å². The van der Waals surface area contributed by atoms with Gasteiger partial charge in [0.25, 0.3) is 5.88 Å². The van der Waals surface area contributed by atoms with Gasteiger partial charge in [-0.1, -0.05) is 19.1 Å². The number of pyridine rings is 1. The lowest BCUT2D eigenvalue weighted by Gasteiger charge is -2.32. The maximum Gasteiger partial charge on any atom is 0.254 e. The van der Waals surface area contributed by atoms with Crippen molar-refractivity contribution in [2.45, 2.75) is 39.5 Å². The van der Waals surface area contributed by atoms with Crippen LogP contribution in [-0.4, -0.2) is 85.5 Å². The molecule has 0 unspecified atom stereocenters. The molecule has 202 valence electrons. The molecule has 0 bridgehead atoms. The van der Waals surface area contributed by atoms with E-state index in [1.165, 1.54) is 0 Å². The van der Waals surface area contributed by atoms with Crippen molar-refractivity contribution in [1.82, 2.24) is 19.8 Å². The number of halogens is 2. The van der Waals surface area contributed by atoms with Gasteiger partial charge < -0.3 is 19.5 Å². The predicted octanol–water partition coefficient (Wildman–Crippen LogP) is 4.48. The Hall–Kier alpha value is -2.98.